The lowest BCUT2D eigenvalue weighted by Crippen LogP contribution is -2.17. The molecule has 0 bridgehead atoms. The van der Waals surface area contributed by atoms with Crippen LogP contribution in [0.1, 0.15) is 25.0 Å². The zero-order valence-corrected chi connectivity index (χ0v) is 11.3. The number of esters is 1. The lowest BCUT2D eigenvalue weighted by atomic mass is 9.95. The number of carboxylic acids is 1. The summed E-state index contributed by atoms with van der Waals surface area (Å²) in [5, 5.41) is 9.14. The second-order valence-electron chi connectivity index (χ2n) is 4.40. The Kier molecular flexibility index (Phi) is 4.12. The van der Waals surface area contributed by atoms with Crippen molar-refractivity contribution in [3.63, 3.8) is 0 Å². The number of cyclic esters (lactones) is 1. The number of hydrogen-bond donors (Lipinski definition) is 1. The molecule has 2 rings (SSSR count). The summed E-state index contributed by atoms with van der Waals surface area (Å²) in [6, 6.07) is 5.01. The van der Waals surface area contributed by atoms with Gasteiger partial charge in [-0.25, -0.2) is 0 Å². The molecule has 1 fully saturated rings. The smallest absolute Gasteiger partial charge is 0.311 e. The molecule has 1 heterocycles. The molecule has 1 aliphatic heterocycles. The molecule has 1 aromatic carbocycles. The molecule has 0 unspecified atom stereocenters. The van der Waals surface area contributed by atoms with E-state index in [2.05, 4.69) is 0 Å². The van der Waals surface area contributed by atoms with Gasteiger partial charge in [0.1, 0.15) is 12.0 Å². The summed E-state index contributed by atoms with van der Waals surface area (Å²) in [6.45, 7) is 2.35. The number of aliphatic carboxylic acids is 1. The van der Waals surface area contributed by atoms with Crippen molar-refractivity contribution in [1.82, 2.24) is 0 Å². The Labute approximate surface area is 116 Å². The van der Waals surface area contributed by atoms with Gasteiger partial charge in [0.25, 0.3) is 0 Å². The van der Waals surface area contributed by atoms with Gasteiger partial charge in [0.2, 0.25) is 0 Å². The van der Waals surface area contributed by atoms with Crippen LogP contribution >= 0.6 is 0 Å². The van der Waals surface area contributed by atoms with Gasteiger partial charge in [-0.3, -0.25) is 9.59 Å². The molecule has 0 amide bonds. The maximum absolute atomic E-state index is 11.3. The Morgan fingerprint density at radius 2 is 2.20 bits per heavy atom. The fraction of sp³-hybridized carbons (Fsp3) is 0.429. The molecule has 1 aliphatic rings. The first-order chi connectivity index (χ1) is 9.56. The van der Waals surface area contributed by atoms with Crippen LogP contribution in [-0.4, -0.2) is 30.8 Å². The van der Waals surface area contributed by atoms with Crippen molar-refractivity contribution in [2.45, 2.75) is 19.4 Å². The fourth-order valence-electron chi connectivity index (χ4n) is 2.21. The van der Waals surface area contributed by atoms with E-state index in [-0.39, 0.29) is 6.42 Å². The molecule has 1 aromatic rings. The van der Waals surface area contributed by atoms with Gasteiger partial charge in [0.15, 0.2) is 11.5 Å². The van der Waals surface area contributed by atoms with Gasteiger partial charge >= 0.3 is 11.9 Å². The van der Waals surface area contributed by atoms with Crippen LogP contribution in [0.5, 0.6) is 11.5 Å². The molecule has 6 nitrogen and oxygen atoms in total. The van der Waals surface area contributed by atoms with E-state index in [1.54, 1.807) is 18.2 Å². The van der Waals surface area contributed by atoms with Gasteiger partial charge in [0.05, 0.1) is 20.1 Å². The van der Waals surface area contributed by atoms with Gasteiger partial charge in [-0.2, -0.15) is 0 Å². The van der Waals surface area contributed by atoms with Gasteiger partial charge < -0.3 is 19.3 Å². The van der Waals surface area contributed by atoms with Crippen LogP contribution in [0, 0.1) is 5.92 Å². The molecule has 1 saturated heterocycles. The van der Waals surface area contributed by atoms with Crippen molar-refractivity contribution in [3.05, 3.63) is 23.8 Å². The van der Waals surface area contributed by atoms with Gasteiger partial charge in [0, 0.05) is 0 Å². The Balaban J connectivity index is 2.32. The van der Waals surface area contributed by atoms with E-state index in [1.807, 2.05) is 6.92 Å². The van der Waals surface area contributed by atoms with E-state index < -0.39 is 24.0 Å². The highest BCUT2D eigenvalue weighted by molar-refractivity contribution is 5.82. The minimum Gasteiger partial charge on any atom is -0.493 e. The van der Waals surface area contributed by atoms with Crippen LogP contribution in [0.25, 0.3) is 0 Å². The van der Waals surface area contributed by atoms with Crippen LogP contribution in [0.4, 0.5) is 0 Å². The van der Waals surface area contributed by atoms with Crippen molar-refractivity contribution in [1.29, 1.82) is 0 Å². The number of ether oxygens (including phenoxy) is 3. The topological polar surface area (TPSA) is 82.1 Å². The molecule has 20 heavy (non-hydrogen) atoms. The van der Waals surface area contributed by atoms with E-state index in [4.69, 9.17) is 19.3 Å². The van der Waals surface area contributed by atoms with Crippen LogP contribution in [0.2, 0.25) is 0 Å². The number of carbonyl (C=O) groups is 2. The van der Waals surface area contributed by atoms with Crippen molar-refractivity contribution < 1.29 is 28.9 Å². The van der Waals surface area contributed by atoms with Crippen molar-refractivity contribution >= 4 is 11.9 Å². The number of carboxylic acid groups (broad SMARTS) is 1. The maximum Gasteiger partial charge on any atom is 0.311 e. The zero-order valence-electron chi connectivity index (χ0n) is 11.3. The number of rotatable bonds is 5. The third kappa shape index (κ3) is 2.68. The third-order valence-electron chi connectivity index (χ3n) is 3.14. The summed E-state index contributed by atoms with van der Waals surface area (Å²) in [7, 11) is 1.50. The highest BCUT2D eigenvalue weighted by Gasteiger charge is 2.41. The molecule has 108 valence electrons. The van der Waals surface area contributed by atoms with Crippen LogP contribution < -0.4 is 9.47 Å². The third-order valence-corrected chi connectivity index (χ3v) is 3.14. The summed E-state index contributed by atoms with van der Waals surface area (Å²) in [5.41, 5.74) is 0.587. The molecule has 0 aliphatic carbocycles. The van der Waals surface area contributed by atoms with E-state index >= 15 is 0 Å². The Bertz CT molecular complexity index is 524. The lowest BCUT2D eigenvalue weighted by Gasteiger charge is -2.17. The molecule has 6 heteroatoms. The predicted octanol–water partition coefficient (Wildman–Crippen LogP) is 1.78. The molecular weight excluding hydrogens is 264 g/mol. The molecule has 2 atom stereocenters. The second-order valence-corrected chi connectivity index (χ2v) is 4.40. The SMILES string of the molecule is CCOc1ccc([C@@H]2OC(=O)C[C@@H]2C(=O)O)cc1OC. The second kappa shape index (κ2) is 5.81. The Hall–Kier alpha value is -2.24. The zero-order chi connectivity index (χ0) is 14.7. The average Bonchev–Trinajstić information content (AvgIpc) is 2.82. The van der Waals surface area contributed by atoms with Crippen LogP contribution in [0.3, 0.4) is 0 Å². The van der Waals surface area contributed by atoms with Gasteiger partial charge in [-0.15, -0.1) is 0 Å². The summed E-state index contributed by atoms with van der Waals surface area (Å²) in [4.78, 5) is 22.5. The standard InChI is InChI=1S/C14H16O6/c1-3-19-10-5-4-8(6-11(10)18-2)13-9(14(16)17)7-12(15)20-13/h4-6,9,13H,3,7H2,1-2H3,(H,16,17)/t9-,13-/m0/s1. The number of hydrogen-bond acceptors (Lipinski definition) is 5. The van der Waals surface area contributed by atoms with Gasteiger partial charge in [-0.05, 0) is 24.6 Å². The number of methoxy groups -OCH3 is 1. The van der Waals surface area contributed by atoms with E-state index in [1.165, 1.54) is 7.11 Å². The minimum absolute atomic E-state index is 0.116. The summed E-state index contributed by atoms with van der Waals surface area (Å²) < 4.78 is 15.7. The molecule has 0 aromatic heterocycles. The molecule has 1 N–H and O–H groups in total. The minimum atomic E-state index is -1.05. The fourth-order valence-corrected chi connectivity index (χ4v) is 2.21. The summed E-state index contributed by atoms with van der Waals surface area (Å²) >= 11 is 0. The first kappa shape index (κ1) is 14.2. The summed E-state index contributed by atoms with van der Waals surface area (Å²) in [5.74, 6) is -1.37. The van der Waals surface area contributed by atoms with Gasteiger partial charge in [-0.1, -0.05) is 6.07 Å². The highest BCUT2D eigenvalue weighted by Crippen LogP contribution is 2.39. The first-order valence-electron chi connectivity index (χ1n) is 6.29. The monoisotopic (exact) mass is 280 g/mol. The van der Waals surface area contributed by atoms with Crippen LogP contribution in [-0.2, 0) is 14.3 Å². The first-order valence-corrected chi connectivity index (χ1v) is 6.29. The van der Waals surface area contributed by atoms with Crippen molar-refractivity contribution in [3.8, 4) is 11.5 Å². The van der Waals surface area contributed by atoms with Crippen LogP contribution in [0.15, 0.2) is 18.2 Å². The molecular formula is C14H16O6. The van der Waals surface area contributed by atoms with Crippen molar-refractivity contribution in [2.75, 3.05) is 13.7 Å². The van der Waals surface area contributed by atoms with Crippen molar-refractivity contribution in [2.24, 2.45) is 5.92 Å². The van der Waals surface area contributed by atoms with E-state index in [0.717, 1.165) is 0 Å². The Morgan fingerprint density at radius 1 is 1.45 bits per heavy atom. The normalized spacial score (nSPS) is 21.4. The maximum atomic E-state index is 11.3. The highest BCUT2D eigenvalue weighted by atomic mass is 16.6. The lowest BCUT2D eigenvalue weighted by molar-refractivity contribution is -0.144. The van der Waals surface area contributed by atoms with E-state index in [0.29, 0.717) is 23.7 Å². The Morgan fingerprint density at radius 3 is 2.80 bits per heavy atom. The molecule has 0 spiro atoms. The van der Waals surface area contributed by atoms with E-state index in [9.17, 15) is 9.59 Å². The quantitative estimate of drug-likeness (QED) is 0.828. The largest absolute Gasteiger partial charge is 0.493 e. The molecule has 0 saturated carbocycles. The average molecular weight is 280 g/mol. The summed E-state index contributed by atoms with van der Waals surface area (Å²) in [6.07, 6.45) is -0.903. The number of benzene rings is 1. The number of carbonyl (C=O) groups excluding carboxylic acids is 1. The molecule has 0 radical (unpaired) electrons. The predicted molar refractivity (Wildman–Crippen MR) is 68.7 cm³/mol.